The second-order valence-corrected chi connectivity index (χ2v) is 3.75. The number of carbonyl (C=O) groups is 1. The Morgan fingerprint density at radius 1 is 1.60 bits per heavy atom. The zero-order chi connectivity index (χ0) is 11.0. The van der Waals surface area contributed by atoms with E-state index in [9.17, 15) is 4.79 Å². The molecule has 0 aliphatic heterocycles. The summed E-state index contributed by atoms with van der Waals surface area (Å²) in [6, 6.07) is 0. The molecule has 2 aromatic rings. The molecule has 0 aromatic carbocycles. The Balaban J connectivity index is 2.77. The van der Waals surface area contributed by atoms with Crippen LogP contribution in [0.2, 0.25) is 5.02 Å². The highest BCUT2D eigenvalue weighted by Gasteiger charge is 2.13. The molecule has 0 N–H and O–H groups in total. The molecule has 0 amide bonds. The number of hydrogen-bond acceptors (Lipinski definition) is 3. The van der Waals surface area contributed by atoms with Crippen LogP contribution in [0.15, 0.2) is 6.20 Å². The summed E-state index contributed by atoms with van der Waals surface area (Å²) >= 11 is 6.19. The lowest BCUT2D eigenvalue weighted by atomic mass is 10.1. The maximum Gasteiger partial charge on any atom is 0.159 e. The summed E-state index contributed by atoms with van der Waals surface area (Å²) in [7, 11) is 1.82. The molecule has 0 spiro atoms. The van der Waals surface area contributed by atoms with Gasteiger partial charge in [-0.15, -0.1) is 0 Å². The molecule has 2 heterocycles. The van der Waals surface area contributed by atoms with E-state index in [0.717, 1.165) is 28.6 Å². The van der Waals surface area contributed by atoms with E-state index in [1.807, 2.05) is 14.0 Å². The Morgan fingerprint density at radius 3 is 3.00 bits per heavy atom. The molecule has 0 atom stereocenters. The molecule has 0 saturated carbocycles. The molecule has 4 nitrogen and oxygen atoms in total. The van der Waals surface area contributed by atoms with Crippen LogP contribution in [-0.4, -0.2) is 21.1 Å². The lowest BCUT2D eigenvalue weighted by Crippen LogP contribution is -1.94. The van der Waals surface area contributed by atoms with Gasteiger partial charge in [-0.25, -0.2) is 4.98 Å². The lowest BCUT2D eigenvalue weighted by molar-refractivity contribution is -0.107. The number of rotatable bonds is 2. The van der Waals surface area contributed by atoms with Gasteiger partial charge in [0.25, 0.3) is 0 Å². The highest BCUT2D eigenvalue weighted by molar-refractivity contribution is 6.36. The van der Waals surface area contributed by atoms with Crippen molar-refractivity contribution >= 4 is 28.9 Å². The van der Waals surface area contributed by atoms with Crippen LogP contribution in [0.4, 0.5) is 0 Å². The average molecular weight is 224 g/mol. The monoisotopic (exact) mass is 223 g/mol. The van der Waals surface area contributed by atoms with Crippen molar-refractivity contribution in [2.75, 3.05) is 0 Å². The van der Waals surface area contributed by atoms with Gasteiger partial charge in [0.2, 0.25) is 0 Å². The fraction of sp³-hybridized carbons (Fsp3) is 0.300. The minimum absolute atomic E-state index is 0.288. The van der Waals surface area contributed by atoms with Gasteiger partial charge in [0.1, 0.15) is 6.29 Å². The number of halogens is 1. The molecule has 78 valence electrons. The van der Waals surface area contributed by atoms with Crippen molar-refractivity contribution in [3.63, 3.8) is 0 Å². The number of aldehydes is 1. The number of hydrogen-bond donors (Lipinski definition) is 0. The Bertz CT molecular complexity index is 533. The predicted molar refractivity (Wildman–Crippen MR) is 58.0 cm³/mol. The van der Waals surface area contributed by atoms with Crippen molar-refractivity contribution in [1.82, 2.24) is 14.8 Å². The van der Waals surface area contributed by atoms with Gasteiger partial charge in [-0.05, 0) is 12.5 Å². The molecule has 0 saturated heterocycles. The number of nitrogens with zero attached hydrogens (tertiary/aromatic N) is 3. The number of fused-ring (bicyclic) bond motifs is 1. The van der Waals surface area contributed by atoms with Gasteiger partial charge in [0, 0.05) is 19.7 Å². The summed E-state index contributed by atoms with van der Waals surface area (Å²) in [6.07, 6.45) is 2.73. The third-order valence-corrected chi connectivity index (χ3v) is 2.77. The first kappa shape index (κ1) is 10.1. The van der Waals surface area contributed by atoms with E-state index in [1.165, 1.54) is 0 Å². The summed E-state index contributed by atoms with van der Waals surface area (Å²) in [5.74, 6) is 0. The summed E-state index contributed by atoms with van der Waals surface area (Å²) < 4.78 is 1.68. The van der Waals surface area contributed by atoms with E-state index in [0.29, 0.717) is 5.02 Å². The summed E-state index contributed by atoms with van der Waals surface area (Å²) in [5, 5.41) is 5.65. The van der Waals surface area contributed by atoms with Gasteiger partial charge in [0.15, 0.2) is 5.65 Å². The Labute approximate surface area is 91.9 Å². The van der Waals surface area contributed by atoms with Gasteiger partial charge in [-0.1, -0.05) is 11.6 Å². The molecule has 15 heavy (non-hydrogen) atoms. The Kier molecular flexibility index (Phi) is 2.44. The first-order valence-electron chi connectivity index (χ1n) is 4.55. The van der Waals surface area contributed by atoms with Gasteiger partial charge in [0.05, 0.1) is 16.1 Å². The van der Waals surface area contributed by atoms with Crippen LogP contribution in [0.1, 0.15) is 11.3 Å². The van der Waals surface area contributed by atoms with E-state index < -0.39 is 0 Å². The maximum absolute atomic E-state index is 10.4. The van der Waals surface area contributed by atoms with Crippen molar-refractivity contribution in [2.24, 2.45) is 7.05 Å². The van der Waals surface area contributed by atoms with Gasteiger partial charge in [-0.3, -0.25) is 4.68 Å². The lowest BCUT2D eigenvalue weighted by Gasteiger charge is -2.01. The topological polar surface area (TPSA) is 47.8 Å². The molecule has 0 fully saturated rings. The van der Waals surface area contributed by atoms with Crippen molar-refractivity contribution < 1.29 is 4.79 Å². The second-order valence-electron chi connectivity index (χ2n) is 3.38. The highest BCUT2D eigenvalue weighted by atomic mass is 35.5. The number of aromatic nitrogens is 3. The highest BCUT2D eigenvalue weighted by Crippen LogP contribution is 2.27. The standard InChI is InChI=1S/C10H10ClN3O/c1-6-8-9(11)7(3-4-15)5-12-10(8)14(2)13-6/h4-5H,3H2,1-2H3. The van der Waals surface area contributed by atoms with Crippen LogP contribution in [-0.2, 0) is 18.3 Å². The fourth-order valence-corrected chi connectivity index (χ4v) is 1.99. The minimum atomic E-state index is 0.288. The van der Waals surface area contributed by atoms with Crippen LogP contribution in [0, 0.1) is 6.92 Å². The van der Waals surface area contributed by atoms with E-state index in [2.05, 4.69) is 10.1 Å². The van der Waals surface area contributed by atoms with Crippen LogP contribution < -0.4 is 0 Å². The maximum atomic E-state index is 10.4. The van der Waals surface area contributed by atoms with E-state index in [-0.39, 0.29) is 6.42 Å². The van der Waals surface area contributed by atoms with E-state index in [1.54, 1.807) is 10.9 Å². The van der Waals surface area contributed by atoms with Crippen molar-refractivity contribution in [3.05, 3.63) is 22.5 Å². The zero-order valence-corrected chi connectivity index (χ0v) is 9.25. The zero-order valence-electron chi connectivity index (χ0n) is 8.49. The molecule has 0 aliphatic rings. The fourth-order valence-electron chi connectivity index (χ4n) is 1.64. The second kappa shape index (κ2) is 3.62. The van der Waals surface area contributed by atoms with E-state index in [4.69, 9.17) is 11.6 Å². The molecule has 5 heteroatoms. The van der Waals surface area contributed by atoms with Crippen LogP contribution in [0.3, 0.4) is 0 Å². The Hall–Kier alpha value is -1.42. The van der Waals surface area contributed by atoms with Crippen LogP contribution in [0.25, 0.3) is 11.0 Å². The average Bonchev–Trinajstić information content (AvgIpc) is 2.47. The first-order valence-corrected chi connectivity index (χ1v) is 4.93. The van der Waals surface area contributed by atoms with E-state index >= 15 is 0 Å². The molecule has 0 radical (unpaired) electrons. The Morgan fingerprint density at radius 2 is 2.33 bits per heavy atom. The minimum Gasteiger partial charge on any atom is -0.303 e. The molecule has 2 aromatic heterocycles. The number of aryl methyl sites for hydroxylation is 2. The summed E-state index contributed by atoms with van der Waals surface area (Å²) in [6.45, 7) is 1.88. The predicted octanol–water partition coefficient (Wildman–Crippen LogP) is 1.67. The molecule has 0 aliphatic carbocycles. The molecule has 0 bridgehead atoms. The third-order valence-electron chi connectivity index (χ3n) is 2.34. The molecule has 0 unspecified atom stereocenters. The summed E-state index contributed by atoms with van der Waals surface area (Å²) in [5.41, 5.74) is 2.32. The molecule has 2 rings (SSSR count). The van der Waals surface area contributed by atoms with Gasteiger partial charge >= 0.3 is 0 Å². The van der Waals surface area contributed by atoms with Crippen LogP contribution >= 0.6 is 11.6 Å². The van der Waals surface area contributed by atoms with Crippen molar-refractivity contribution in [3.8, 4) is 0 Å². The smallest absolute Gasteiger partial charge is 0.159 e. The SMILES string of the molecule is Cc1nn(C)c2ncc(CC=O)c(Cl)c12. The molecular formula is C10H10ClN3O. The van der Waals surface area contributed by atoms with Crippen LogP contribution in [0.5, 0.6) is 0 Å². The van der Waals surface area contributed by atoms with Crippen molar-refractivity contribution in [1.29, 1.82) is 0 Å². The number of pyridine rings is 1. The quantitative estimate of drug-likeness (QED) is 0.728. The third kappa shape index (κ3) is 1.51. The summed E-state index contributed by atoms with van der Waals surface area (Å²) in [4.78, 5) is 14.7. The van der Waals surface area contributed by atoms with Gasteiger partial charge in [-0.2, -0.15) is 5.10 Å². The largest absolute Gasteiger partial charge is 0.303 e. The normalized spacial score (nSPS) is 10.9. The first-order chi connectivity index (χ1) is 7.15. The molecular weight excluding hydrogens is 214 g/mol. The number of carbonyl (C=O) groups excluding carboxylic acids is 1. The van der Waals surface area contributed by atoms with Gasteiger partial charge < -0.3 is 4.79 Å². The van der Waals surface area contributed by atoms with Crippen molar-refractivity contribution in [2.45, 2.75) is 13.3 Å².